The molecular weight excluding hydrogens is 244 g/mol. The number of benzene rings is 1. The second kappa shape index (κ2) is 7.46. The summed E-state index contributed by atoms with van der Waals surface area (Å²) in [5, 5.41) is 8.72. The van der Waals surface area contributed by atoms with Crippen LogP contribution in [-0.2, 0) is 11.2 Å². The maximum absolute atomic E-state index is 10.6. The topological polar surface area (TPSA) is 55.8 Å². The number of rotatable bonds is 7. The van der Waals surface area contributed by atoms with Gasteiger partial charge in [0.25, 0.3) is 0 Å². The first-order chi connectivity index (χ1) is 9.12. The zero-order chi connectivity index (χ0) is 14.3. The standard InChI is InChI=1S/C15H20O4/c1-4-6-11-9-12(7-8-15(16)17)14(19-5-2)10-13(11)18-3/h7-10H,4-6H2,1-3H3,(H,16,17). The van der Waals surface area contributed by atoms with Crippen molar-refractivity contribution < 1.29 is 19.4 Å². The van der Waals surface area contributed by atoms with Gasteiger partial charge in [-0.15, -0.1) is 0 Å². The number of hydrogen-bond donors (Lipinski definition) is 1. The van der Waals surface area contributed by atoms with Crippen molar-refractivity contribution in [1.82, 2.24) is 0 Å². The Morgan fingerprint density at radius 2 is 2.05 bits per heavy atom. The molecular formula is C15H20O4. The number of hydrogen-bond acceptors (Lipinski definition) is 3. The molecule has 1 aromatic rings. The fraction of sp³-hybridized carbons (Fsp3) is 0.400. The molecule has 0 spiro atoms. The molecule has 0 saturated heterocycles. The van der Waals surface area contributed by atoms with Crippen LogP contribution in [0.5, 0.6) is 11.5 Å². The van der Waals surface area contributed by atoms with E-state index < -0.39 is 5.97 Å². The van der Waals surface area contributed by atoms with E-state index in [0.717, 1.165) is 35.8 Å². The quantitative estimate of drug-likeness (QED) is 0.769. The number of aliphatic carboxylic acids is 1. The molecule has 0 aliphatic carbocycles. The minimum absolute atomic E-state index is 0.518. The highest BCUT2D eigenvalue weighted by atomic mass is 16.5. The number of carboxylic acids is 1. The predicted molar refractivity (Wildman–Crippen MR) is 74.8 cm³/mol. The van der Waals surface area contributed by atoms with Crippen LogP contribution in [0.2, 0.25) is 0 Å². The van der Waals surface area contributed by atoms with Crippen molar-refractivity contribution in [2.45, 2.75) is 26.7 Å². The van der Waals surface area contributed by atoms with E-state index in [1.807, 2.05) is 19.1 Å². The third kappa shape index (κ3) is 4.32. The van der Waals surface area contributed by atoms with Crippen LogP contribution in [0, 0.1) is 0 Å². The highest BCUT2D eigenvalue weighted by molar-refractivity contribution is 5.86. The minimum atomic E-state index is -0.977. The summed E-state index contributed by atoms with van der Waals surface area (Å²) in [7, 11) is 1.62. The number of carbonyl (C=O) groups is 1. The van der Waals surface area contributed by atoms with Crippen molar-refractivity contribution >= 4 is 12.0 Å². The second-order valence-electron chi connectivity index (χ2n) is 4.06. The van der Waals surface area contributed by atoms with Crippen LogP contribution in [0.4, 0.5) is 0 Å². The lowest BCUT2D eigenvalue weighted by molar-refractivity contribution is -0.131. The lowest BCUT2D eigenvalue weighted by Gasteiger charge is -2.13. The molecule has 0 unspecified atom stereocenters. The number of ether oxygens (including phenoxy) is 2. The molecule has 0 aliphatic heterocycles. The average Bonchev–Trinajstić information content (AvgIpc) is 2.38. The third-order valence-electron chi connectivity index (χ3n) is 2.64. The zero-order valence-corrected chi connectivity index (χ0v) is 11.6. The van der Waals surface area contributed by atoms with Crippen molar-refractivity contribution in [2.24, 2.45) is 0 Å². The van der Waals surface area contributed by atoms with Crippen LogP contribution >= 0.6 is 0 Å². The molecule has 0 amide bonds. The molecule has 19 heavy (non-hydrogen) atoms. The smallest absolute Gasteiger partial charge is 0.328 e. The molecule has 4 nitrogen and oxygen atoms in total. The van der Waals surface area contributed by atoms with E-state index in [2.05, 4.69) is 6.92 Å². The molecule has 0 aliphatic rings. The van der Waals surface area contributed by atoms with E-state index >= 15 is 0 Å². The van der Waals surface area contributed by atoms with E-state index in [-0.39, 0.29) is 0 Å². The van der Waals surface area contributed by atoms with E-state index in [4.69, 9.17) is 14.6 Å². The van der Waals surface area contributed by atoms with Gasteiger partial charge in [0.1, 0.15) is 11.5 Å². The average molecular weight is 264 g/mol. The Labute approximate surface area is 113 Å². The maximum Gasteiger partial charge on any atom is 0.328 e. The van der Waals surface area contributed by atoms with E-state index in [1.54, 1.807) is 13.2 Å². The highest BCUT2D eigenvalue weighted by Gasteiger charge is 2.09. The first-order valence-corrected chi connectivity index (χ1v) is 6.37. The van der Waals surface area contributed by atoms with Gasteiger partial charge in [-0.25, -0.2) is 4.79 Å². The first-order valence-electron chi connectivity index (χ1n) is 6.37. The molecule has 1 aromatic carbocycles. The molecule has 104 valence electrons. The zero-order valence-electron chi connectivity index (χ0n) is 11.6. The van der Waals surface area contributed by atoms with Crippen molar-refractivity contribution in [3.63, 3.8) is 0 Å². The van der Waals surface area contributed by atoms with E-state index in [1.165, 1.54) is 0 Å². The van der Waals surface area contributed by atoms with Crippen LogP contribution in [0.3, 0.4) is 0 Å². The summed E-state index contributed by atoms with van der Waals surface area (Å²) >= 11 is 0. The summed E-state index contributed by atoms with van der Waals surface area (Å²) < 4.78 is 10.9. The fourth-order valence-corrected chi connectivity index (χ4v) is 1.85. The van der Waals surface area contributed by atoms with Gasteiger partial charge < -0.3 is 14.6 Å². The van der Waals surface area contributed by atoms with Crippen LogP contribution in [0.1, 0.15) is 31.4 Å². The molecule has 0 radical (unpaired) electrons. The van der Waals surface area contributed by atoms with Gasteiger partial charge >= 0.3 is 5.97 Å². The predicted octanol–water partition coefficient (Wildman–Crippen LogP) is 3.14. The molecule has 1 N–H and O–H groups in total. The van der Waals surface area contributed by atoms with Crippen LogP contribution in [0.25, 0.3) is 6.08 Å². The van der Waals surface area contributed by atoms with Gasteiger partial charge in [-0.2, -0.15) is 0 Å². The molecule has 0 atom stereocenters. The molecule has 1 rings (SSSR count). The molecule has 4 heteroatoms. The summed E-state index contributed by atoms with van der Waals surface area (Å²) in [5.74, 6) is 0.435. The molecule has 0 aromatic heterocycles. The van der Waals surface area contributed by atoms with Crippen LogP contribution in [0.15, 0.2) is 18.2 Å². The number of methoxy groups -OCH3 is 1. The number of aryl methyl sites for hydroxylation is 1. The monoisotopic (exact) mass is 264 g/mol. The Kier molecular flexibility index (Phi) is 5.93. The normalized spacial score (nSPS) is 10.7. The van der Waals surface area contributed by atoms with Gasteiger partial charge in [-0.1, -0.05) is 13.3 Å². The lowest BCUT2D eigenvalue weighted by Crippen LogP contribution is -1.99. The largest absolute Gasteiger partial charge is 0.496 e. The van der Waals surface area contributed by atoms with Crippen molar-refractivity contribution in [2.75, 3.05) is 13.7 Å². The van der Waals surface area contributed by atoms with Gasteiger partial charge in [-0.3, -0.25) is 0 Å². The van der Waals surface area contributed by atoms with Gasteiger partial charge in [0.2, 0.25) is 0 Å². The lowest BCUT2D eigenvalue weighted by atomic mass is 10.0. The Balaban J connectivity index is 3.23. The van der Waals surface area contributed by atoms with Gasteiger partial charge in [0.05, 0.1) is 13.7 Å². The van der Waals surface area contributed by atoms with Crippen LogP contribution in [-0.4, -0.2) is 24.8 Å². The Hall–Kier alpha value is -1.97. The van der Waals surface area contributed by atoms with E-state index in [9.17, 15) is 4.79 Å². The van der Waals surface area contributed by atoms with Crippen molar-refractivity contribution in [1.29, 1.82) is 0 Å². The Morgan fingerprint density at radius 1 is 1.32 bits per heavy atom. The minimum Gasteiger partial charge on any atom is -0.496 e. The van der Waals surface area contributed by atoms with Gasteiger partial charge in [0, 0.05) is 17.7 Å². The molecule has 0 saturated carbocycles. The maximum atomic E-state index is 10.6. The number of carboxylic acid groups (broad SMARTS) is 1. The third-order valence-corrected chi connectivity index (χ3v) is 2.64. The second-order valence-corrected chi connectivity index (χ2v) is 4.06. The summed E-state index contributed by atoms with van der Waals surface area (Å²) in [6.07, 6.45) is 4.53. The Morgan fingerprint density at radius 3 is 2.58 bits per heavy atom. The van der Waals surface area contributed by atoms with Crippen LogP contribution < -0.4 is 9.47 Å². The summed E-state index contributed by atoms with van der Waals surface area (Å²) in [5.41, 5.74) is 1.81. The molecule has 0 heterocycles. The van der Waals surface area contributed by atoms with Crippen molar-refractivity contribution in [3.05, 3.63) is 29.3 Å². The SMILES string of the molecule is CCCc1cc(C=CC(=O)O)c(OCC)cc1OC. The summed E-state index contributed by atoms with van der Waals surface area (Å²) in [4.78, 5) is 10.6. The molecule has 0 bridgehead atoms. The van der Waals surface area contributed by atoms with E-state index in [0.29, 0.717) is 12.4 Å². The summed E-state index contributed by atoms with van der Waals surface area (Å²) in [6, 6.07) is 3.74. The first kappa shape index (κ1) is 15.1. The van der Waals surface area contributed by atoms with Gasteiger partial charge in [0.15, 0.2) is 0 Å². The Bertz CT molecular complexity index is 463. The van der Waals surface area contributed by atoms with Crippen molar-refractivity contribution in [3.8, 4) is 11.5 Å². The van der Waals surface area contributed by atoms with Gasteiger partial charge in [-0.05, 0) is 31.1 Å². The highest BCUT2D eigenvalue weighted by Crippen LogP contribution is 2.31. The summed E-state index contributed by atoms with van der Waals surface area (Å²) in [6.45, 7) is 4.49. The fourth-order valence-electron chi connectivity index (χ4n) is 1.85. The molecule has 0 fully saturated rings.